The van der Waals surface area contributed by atoms with Gasteiger partial charge in [0, 0.05) is 0 Å². The van der Waals surface area contributed by atoms with Crippen molar-refractivity contribution in [3.8, 4) is 0 Å². The molecule has 0 spiro atoms. The van der Waals surface area contributed by atoms with Gasteiger partial charge in [-0.3, -0.25) is 0 Å². The second-order valence-corrected chi connectivity index (χ2v) is 5.60. The number of rotatable bonds is 5. The SMILES string of the molecule is CCO[C](=[W])/C=C(\C1=CCCCC1)N(C)C. The maximum absolute atomic E-state index is 5.54. The third-order valence-electron chi connectivity index (χ3n) is 2.64. The van der Waals surface area contributed by atoms with E-state index in [0.29, 0.717) is 0 Å². The molecule has 0 heterocycles. The molecular formula is C13H21NOW. The molecule has 0 amide bonds. The summed E-state index contributed by atoms with van der Waals surface area (Å²) in [6, 6.07) is 0. The van der Waals surface area contributed by atoms with Gasteiger partial charge in [0.05, 0.1) is 0 Å². The van der Waals surface area contributed by atoms with Crippen LogP contribution in [0, 0.1) is 0 Å². The monoisotopic (exact) mass is 391 g/mol. The van der Waals surface area contributed by atoms with Crippen LogP contribution in [0.4, 0.5) is 0 Å². The Hall–Kier alpha value is -0.202. The molecule has 0 aliphatic heterocycles. The van der Waals surface area contributed by atoms with Gasteiger partial charge in [0.2, 0.25) is 0 Å². The van der Waals surface area contributed by atoms with Crippen molar-refractivity contribution in [2.24, 2.45) is 0 Å². The van der Waals surface area contributed by atoms with E-state index in [-0.39, 0.29) is 0 Å². The minimum atomic E-state index is 0.759. The summed E-state index contributed by atoms with van der Waals surface area (Å²) in [5.41, 5.74) is 2.80. The molecule has 1 aliphatic rings. The van der Waals surface area contributed by atoms with Gasteiger partial charge in [0.25, 0.3) is 0 Å². The number of allylic oxidation sites excluding steroid dienone is 2. The van der Waals surface area contributed by atoms with Crippen LogP contribution in [0.25, 0.3) is 0 Å². The molecule has 3 heteroatoms. The van der Waals surface area contributed by atoms with Crippen molar-refractivity contribution in [1.29, 1.82) is 0 Å². The van der Waals surface area contributed by atoms with Crippen LogP contribution < -0.4 is 0 Å². The van der Waals surface area contributed by atoms with Crippen LogP contribution in [0.15, 0.2) is 23.4 Å². The minimum absolute atomic E-state index is 0.759. The second-order valence-electron chi connectivity index (χ2n) is 4.15. The van der Waals surface area contributed by atoms with E-state index < -0.39 is 0 Å². The van der Waals surface area contributed by atoms with E-state index in [0.717, 1.165) is 10.7 Å². The fraction of sp³-hybridized carbons (Fsp3) is 0.615. The van der Waals surface area contributed by atoms with Crippen molar-refractivity contribution in [3.63, 3.8) is 0 Å². The molecule has 0 bridgehead atoms. The van der Waals surface area contributed by atoms with Gasteiger partial charge in [0.1, 0.15) is 0 Å². The third-order valence-corrected chi connectivity index (χ3v) is 3.49. The first-order valence-corrected chi connectivity index (χ1v) is 7.37. The number of hydrogen-bond donors (Lipinski definition) is 0. The zero-order chi connectivity index (χ0) is 12.0. The summed E-state index contributed by atoms with van der Waals surface area (Å²) in [4.78, 5) is 2.19. The molecule has 1 aliphatic carbocycles. The number of likely N-dealkylation sites (N-methyl/N-ethyl adjacent to an activating group) is 1. The van der Waals surface area contributed by atoms with Crippen LogP contribution in [-0.2, 0) is 24.1 Å². The van der Waals surface area contributed by atoms with Crippen LogP contribution in [0.2, 0.25) is 0 Å². The van der Waals surface area contributed by atoms with E-state index in [1.807, 2.05) is 6.92 Å². The molecular weight excluding hydrogens is 370 g/mol. The Morgan fingerprint density at radius 1 is 1.50 bits per heavy atom. The van der Waals surface area contributed by atoms with E-state index in [1.54, 1.807) is 0 Å². The molecule has 0 saturated carbocycles. The molecule has 0 fully saturated rings. The molecule has 0 aromatic rings. The standard InChI is InChI=1S/C13H21NO.W/c1-4-15-11-10-13(14(2)3)12-8-6-5-7-9-12;/h8,10H,4-7,9H2,1-3H3;/b13-10+;. The molecule has 1 rings (SSSR count). The van der Waals surface area contributed by atoms with Gasteiger partial charge in [-0.1, -0.05) is 0 Å². The van der Waals surface area contributed by atoms with Crippen molar-refractivity contribution >= 4 is 4.08 Å². The second kappa shape index (κ2) is 7.19. The predicted molar refractivity (Wildman–Crippen MR) is 65.0 cm³/mol. The summed E-state index contributed by atoms with van der Waals surface area (Å²) in [6.07, 6.45) is 9.65. The Bertz CT molecular complexity index is 305. The van der Waals surface area contributed by atoms with Gasteiger partial charge in [-0.15, -0.1) is 0 Å². The van der Waals surface area contributed by atoms with Gasteiger partial charge < -0.3 is 0 Å². The van der Waals surface area contributed by atoms with Crippen molar-refractivity contribution in [2.75, 3.05) is 20.7 Å². The van der Waals surface area contributed by atoms with Crippen molar-refractivity contribution < 1.29 is 24.1 Å². The molecule has 0 unspecified atom stereocenters. The van der Waals surface area contributed by atoms with Crippen LogP contribution in [-0.4, -0.2) is 29.7 Å². The van der Waals surface area contributed by atoms with Crippen LogP contribution in [0.3, 0.4) is 0 Å². The molecule has 0 N–H and O–H groups in total. The number of nitrogens with zero attached hydrogens (tertiary/aromatic N) is 1. The Morgan fingerprint density at radius 2 is 2.25 bits per heavy atom. The van der Waals surface area contributed by atoms with E-state index >= 15 is 0 Å². The van der Waals surface area contributed by atoms with E-state index in [1.165, 1.54) is 56.3 Å². The normalized spacial score (nSPS) is 16.9. The van der Waals surface area contributed by atoms with Gasteiger partial charge in [-0.25, -0.2) is 0 Å². The fourth-order valence-corrected chi connectivity index (χ4v) is 2.70. The van der Waals surface area contributed by atoms with Gasteiger partial charge in [-0.05, 0) is 0 Å². The summed E-state index contributed by atoms with van der Waals surface area (Å²) in [5, 5.41) is 0. The molecule has 0 radical (unpaired) electrons. The average Bonchev–Trinajstić information content (AvgIpc) is 2.27. The Kier molecular flexibility index (Phi) is 6.23. The molecule has 0 atom stereocenters. The summed E-state index contributed by atoms with van der Waals surface area (Å²) in [7, 11) is 4.21. The Balaban J connectivity index is 2.81. The maximum atomic E-state index is 5.54. The van der Waals surface area contributed by atoms with Crippen LogP contribution in [0.1, 0.15) is 32.6 Å². The molecule has 90 valence electrons. The van der Waals surface area contributed by atoms with Gasteiger partial charge >= 0.3 is 110 Å². The predicted octanol–water partition coefficient (Wildman–Crippen LogP) is 2.65. The number of ether oxygens (including phenoxy) is 1. The van der Waals surface area contributed by atoms with Gasteiger partial charge in [0.15, 0.2) is 0 Å². The first-order valence-electron chi connectivity index (χ1n) is 5.90. The van der Waals surface area contributed by atoms with Crippen molar-refractivity contribution in [1.82, 2.24) is 4.90 Å². The Morgan fingerprint density at radius 3 is 2.75 bits per heavy atom. The number of hydrogen-bond acceptors (Lipinski definition) is 2. The summed E-state index contributed by atoms with van der Waals surface area (Å²) in [6.45, 7) is 2.79. The molecule has 2 nitrogen and oxygen atoms in total. The van der Waals surface area contributed by atoms with Crippen molar-refractivity contribution in [2.45, 2.75) is 32.6 Å². The average molecular weight is 391 g/mol. The summed E-state index contributed by atoms with van der Waals surface area (Å²) < 4.78 is 6.62. The van der Waals surface area contributed by atoms with Crippen molar-refractivity contribution in [3.05, 3.63) is 23.4 Å². The first kappa shape index (κ1) is 13.9. The van der Waals surface area contributed by atoms with E-state index in [9.17, 15) is 0 Å². The van der Waals surface area contributed by atoms with Crippen LogP contribution >= 0.6 is 0 Å². The molecule has 0 saturated heterocycles. The van der Waals surface area contributed by atoms with E-state index in [4.69, 9.17) is 4.74 Å². The quantitative estimate of drug-likeness (QED) is 0.715. The van der Waals surface area contributed by atoms with Crippen LogP contribution in [0.5, 0.6) is 0 Å². The van der Waals surface area contributed by atoms with Gasteiger partial charge in [-0.2, -0.15) is 0 Å². The summed E-state index contributed by atoms with van der Waals surface area (Å²) in [5.74, 6) is 0. The summed E-state index contributed by atoms with van der Waals surface area (Å²) >= 11 is 1.40. The topological polar surface area (TPSA) is 12.5 Å². The first-order chi connectivity index (χ1) is 7.65. The third kappa shape index (κ3) is 4.35. The molecule has 0 aromatic carbocycles. The molecule has 16 heavy (non-hydrogen) atoms. The molecule has 0 aromatic heterocycles. The Labute approximate surface area is 110 Å². The zero-order valence-electron chi connectivity index (χ0n) is 10.5. The zero-order valence-corrected chi connectivity index (χ0v) is 13.4. The fourth-order valence-electron chi connectivity index (χ4n) is 1.88. The van der Waals surface area contributed by atoms with E-state index in [2.05, 4.69) is 31.1 Å².